The van der Waals surface area contributed by atoms with Gasteiger partial charge in [0.05, 0.1) is 0 Å². The SMILES string of the molecule is CC(C)/C(=N/OCc1ccccc1)P(=O)(Cl)Cl. The first-order valence-electron chi connectivity index (χ1n) is 5.15. The quantitative estimate of drug-likeness (QED) is 0.442. The van der Waals surface area contributed by atoms with Crippen molar-refractivity contribution in [2.45, 2.75) is 20.5 Å². The van der Waals surface area contributed by atoms with Gasteiger partial charge in [-0.2, -0.15) is 0 Å². The van der Waals surface area contributed by atoms with Crippen LogP contribution in [0.3, 0.4) is 0 Å². The largest absolute Gasteiger partial charge is 0.391 e. The Morgan fingerprint density at radius 3 is 2.41 bits per heavy atom. The molecule has 0 aromatic heterocycles. The van der Waals surface area contributed by atoms with Crippen molar-refractivity contribution in [3.8, 4) is 0 Å². The van der Waals surface area contributed by atoms with Crippen LogP contribution in [0.4, 0.5) is 0 Å². The normalized spacial score (nSPS) is 12.9. The molecule has 0 atom stereocenters. The topological polar surface area (TPSA) is 38.7 Å². The van der Waals surface area contributed by atoms with Crippen LogP contribution in [0.1, 0.15) is 19.4 Å². The lowest BCUT2D eigenvalue weighted by Crippen LogP contribution is -2.04. The molecule has 0 saturated carbocycles. The van der Waals surface area contributed by atoms with Crippen molar-refractivity contribution in [1.29, 1.82) is 0 Å². The number of oxime groups is 1. The molecule has 94 valence electrons. The highest BCUT2D eigenvalue weighted by atomic mass is 35.9. The fraction of sp³-hybridized carbons (Fsp3) is 0.364. The summed E-state index contributed by atoms with van der Waals surface area (Å²) >= 11 is 11.2. The van der Waals surface area contributed by atoms with Crippen molar-refractivity contribution in [2.75, 3.05) is 0 Å². The molecule has 0 bridgehead atoms. The van der Waals surface area contributed by atoms with Crippen LogP contribution < -0.4 is 0 Å². The summed E-state index contributed by atoms with van der Waals surface area (Å²) in [7, 11) is 0. The molecule has 0 saturated heterocycles. The maximum absolute atomic E-state index is 11.5. The van der Waals surface area contributed by atoms with Crippen LogP contribution >= 0.6 is 28.3 Å². The molecule has 0 heterocycles. The minimum Gasteiger partial charge on any atom is -0.391 e. The number of hydrogen-bond donors (Lipinski definition) is 0. The first kappa shape index (κ1) is 14.6. The van der Waals surface area contributed by atoms with Crippen molar-refractivity contribution in [1.82, 2.24) is 0 Å². The summed E-state index contributed by atoms with van der Waals surface area (Å²) in [6, 6.07) is 9.54. The lowest BCUT2D eigenvalue weighted by molar-refractivity contribution is 0.130. The van der Waals surface area contributed by atoms with Crippen molar-refractivity contribution in [3.63, 3.8) is 0 Å². The zero-order chi connectivity index (χ0) is 12.9. The Morgan fingerprint density at radius 2 is 1.94 bits per heavy atom. The Morgan fingerprint density at radius 1 is 1.35 bits per heavy atom. The Kier molecular flexibility index (Phi) is 5.51. The average molecular weight is 294 g/mol. The second-order valence-electron chi connectivity index (χ2n) is 3.83. The maximum atomic E-state index is 11.5. The van der Waals surface area contributed by atoms with Gasteiger partial charge in [-0.3, -0.25) is 4.57 Å². The lowest BCUT2D eigenvalue weighted by Gasteiger charge is -2.10. The summed E-state index contributed by atoms with van der Waals surface area (Å²) in [5.41, 5.74) is 1.16. The predicted molar refractivity (Wildman–Crippen MR) is 72.8 cm³/mol. The molecule has 0 aliphatic rings. The third-order valence-electron chi connectivity index (χ3n) is 2.02. The number of rotatable bonds is 5. The molecule has 0 aliphatic carbocycles. The standard InChI is InChI=1S/C11H14Cl2NO2P/c1-9(2)11(17(12,13)15)14-16-8-10-6-4-3-5-7-10/h3-7,9H,8H2,1-2H3/b14-11-. The van der Waals surface area contributed by atoms with E-state index in [0.29, 0.717) is 6.61 Å². The van der Waals surface area contributed by atoms with Crippen LogP contribution in [-0.4, -0.2) is 5.45 Å². The van der Waals surface area contributed by atoms with E-state index >= 15 is 0 Å². The van der Waals surface area contributed by atoms with E-state index in [4.69, 9.17) is 27.3 Å². The lowest BCUT2D eigenvalue weighted by atomic mass is 10.2. The Labute approximate surface area is 111 Å². The van der Waals surface area contributed by atoms with Gasteiger partial charge in [-0.25, -0.2) is 0 Å². The fourth-order valence-corrected chi connectivity index (χ4v) is 3.31. The third kappa shape index (κ3) is 5.12. The Hall–Kier alpha value is -0.500. The second-order valence-corrected chi connectivity index (χ2v) is 8.58. The molecule has 0 unspecified atom stereocenters. The molecule has 1 aromatic carbocycles. The molecule has 0 spiro atoms. The summed E-state index contributed by atoms with van der Waals surface area (Å²) in [6.07, 6.45) is 0. The summed E-state index contributed by atoms with van der Waals surface area (Å²) < 4.78 is 11.5. The van der Waals surface area contributed by atoms with Crippen LogP contribution in [0, 0.1) is 5.92 Å². The average Bonchev–Trinajstić information content (AvgIpc) is 2.23. The summed E-state index contributed by atoms with van der Waals surface area (Å²) in [5.74, 6) is -3.50. The van der Waals surface area contributed by atoms with Crippen LogP contribution in [0.5, 0.6) is 0 Å². The van der Waals surface area contributed by atoms with E-state index in [-0.39, 0.29) is 11.4 Å². The molecule has 0 amide bonds. The highest BCUT2D eigenvalue weighted by Crippen LogP contribution is 2.59. The first-order chi connectivity index (χ1) is 7.91. The van der Waals surface area contributed by atoms with Gasteiger partial charge in [-0.15, -0.1) is 0 Å². The van der Waals surface area contributed by atoms with E-state index in [1.807, 2.05) is 44.2 Å². The molecular formula is C11H14Cl2NO2P. The minimum atomic E-state index is -3.38. The summed E-state index contributed by atoms with van der Waals surface area (Å²) in [6.45, 7) is 3.91. The van der Waals surface area contributed by atoms with Gasteiger partial charge in [0, 0.05) is 5.92 Å². The highest BCUT2D eigenvalue weighted by Gasteiger charge is 2.27. The zero-order valence-corrected chi connectivity index (χ0v) is 12.0. The van der Waals surface area contributed by atoms with E-state index in [1.165, 1.54) is 0 Å². The van der Waals surface area contributed by atoms with Crippen LogP contribution in [0.25, 0.3) is 0 Å². The zero-order valence-electron chi connectivity index (χ0n) is 9.64. The molecule has 0 radical (unpaired) electrons. The van der Waals surface area contributed by atoms with Crippen LogP contribution in [0.2, 0.25) is 0 Å². The van der Waals surface area contributed by atoms with Gasteiger partial charge in [0.2, 0.25) is 0 Å². The van der Waals surface area contributed by atoms with E-state index in [9.17, 15) is 4.57 Å². The highest BCUT2D eigenvalue weighted by molar-refractivity contribution is 8.19. The monoisotopic (exact) mass is 293 g/mol. The van der Waals surface area contributed by atoms with Crippen LogP contribution in [0.15, 0.2) is 35.5 Å². The molecule has 0 fully saturated rings. The molecule has 0 N–H and O–H groups in total. The van der Waals surface area contributed by atoms with Crippen molar-refractivity contribution < 1.29 is 9.40 Å². The van der Waals surface area contributed by atoms with Crippen molar-refractivity contribution >= 4 is 33.8 Å². The summed E-state index contributed by atoms with van der Waals surface area (Å²) in [5, 5.41) is 3.78. The van der Waals surface area contributed by atoms with E-state index in [0.717, 1.165) is 5.56 Å². The number of nitrogens with zero attached hydrogens (tertiary/aromatic N) is 1. The molecule has 3 nitrogen and oxygen atoms in total. The van der Waals surface area contributed by atoms with Gasteiger partial charge in [0.15, 0.2) is 0 Å². The second kappa shape index (κ2) is 6.44. The van der Waals surface area contributed by atoms with Crippen molar-refractivity contribution in [2.24, 2.45) is 11.1 Å². The fourth-order valence-electron chi connectivity index (χ4n) is 1.20. The maximum Gasteiger partial charge on any atom is 0.299 e. The van der Waals surface area contributed by atoms with E-state index < -0.39 is 5.85 Å². The molecule has 1 rings (SSSR count). The molecular weight excluding hydrogens is 280 g/mol. The van der Waals surface area contributed by atoms with Gasteiger partial charge in [-0.1, -0.05) is 49.3 Å². The minimum absolute atomic E-state index is 0.119. The Bertz CT molecular complexity index is 428. The smallest absolute Gasteiger partial charge is 0.299 e. The third-order valence-corrected chi connectivity index (χ3v) is 4.19. The van der Waals surface area contributed by atoms with Gasteiger partial charge >= 0.3 is 0 Å². The van der Waals surface area contributed by atoms with Crippen LogP contribution in [-0.2, 0) is 16.0 Å². The number of halogens is 2. The van der Waals surface area contributed by atoms with E-state index in [1.54, 1.807) is 0 Å². The number of hydrogen-bond acceptors (Lipinski definition) is 3. The van der Waals surface area contributed by atoms with E-state index in [2.05, 4.69) is 5.16 Å². The summed E-state index contributed by atoms with van der Waals surface area (Å²) in [4.78, 5) is 5.12. The van der Waals surface area contributed by atoms with Gasteiger partial charge < -0.3 is 4.84 Å². The Balaban J connectivity index is 2.66. The van der Waals surface area contributed by atoms with Gasteiger partial charge in [0.1, 0.15) is 12.1 Å². The number of benzene rings is 1. The molecule has 17 heavy (non-hydrogen) atoms. The molecule has 0 aliphatic heterocycles. The first-order valence-corrected chi connectivity index (χ1v) is 8.66. The molecule has 6 heteroatoms. The van der Waals surface area contributed by atoms with Crippen molar-refractivity contribution in [3.05, 3.63) is 35.9 Å². The molecule has 1 aromatic rings. The van der Waals surface area contributed by atoms with Gasteiger partial charge in [-0.05, 0) is 28.0 Å². The van der Waals surface area contributed by atoms with Gasteiger partial charge in [0.25, 0.3) is 5.85 Å². The predicted octanol–water partition coefficient (Wildman–Crippen LogP) is 4.84.